The van der Waals surface area contributed by atoms with E-state index in [1.807, 2.05) is 31.2 Å². The zero-order valence-electron chi connectivity index (χ0n) is 16.2. The SMILES string of the molecule is COc1cccc(-c2nc(C(=O)NCC(C)CN3CCOCC3)c(C)[nH]2)c1. The number of imidazole rings is 1. The quantitative estimate of drug-likeness (QED) is 0.778. The van der Waals surface area contributed by atoms with Crippen molar-refractivity contribution in [2.24, 2.45) is 5.92 Å². The van der Waals surface area contributed by atoms with Crippen LogP contribution in [0.4, 0.5) is 0 Å². The van der Waals surface area contributed by atoms with E-state index in [2.05, 4.69) is 27.1 Å². The second-order valence-corrected chi connectivity index (χ2v) is 7.02. The smallest absolute Gasteiger partial charge is 0.271 e. The largest absolute Gasteiger partial charge is 0.497 e. The van der Waals surface area contributed by atoms with Crippen LogP contribution in [0.2, 0.25) is 0 Å². The molecule has 3 rings (SSSR count). The van der Waals surface area contributed by atoms with Crippen LogP contribution in [0, 0.1) is 12.8 Å². The lowest BCUT2D eigenvalue weighted by molar-refractivity contribution is 0.0317. The number of ether oxygens (including phenoxy) is 2. The average Bonchev–Trinajstić information content (AvgIpc) is 3.09. The molecule has 1 saturated heterocycles. The molecule has 7 nitrogen and oxygen atoms in total. The normalized spacial score (nSPS) is 16.1. The van der Waals surface area contributed by atoms with Gasteiger partial charge in [0, 0.05) is 37.4 Å². The number of aromatic nitrogens is 2. The maximum atomic E-state index is 12.6. The molecule has 1 fully saturated rings. The van der Waals surface area contributed by atoms with Crippen LogP contribution in [-0.4, -0.2) is 67.3 Å². The van der Waals surface area contributed by atoms with Gasteiger partial charge in [-0.3, -0.25) is 9.69 Å². The molecule has 27 heavy (non-hydrogen) atoms. The van der Waals surface area contributed by atoms with E-state index < -0.39 is 0 Å². The summed E-state index contributed by atoms with van der Waals surface area (Å²) in [4.78, 5) is 22.6. The second kappa shape index (κ2) is 9.01. The highest BCUT2D eigenvalue weighted by molar-refractivity contribution is 5.94. The van der Waals surface area contributed by atoms with Crippen molar-refractivity contribution >= 4 is 5.91 Å². The number of nitrogens with one attached hydrogen (secondary N) is 2. The molecule has 146 valence electrons. The summed E-state index contributed by atoms with van der Waals surface area (Å²) >= 11 is 0. The zero-order valence-corrected chi connectivity index (χ0v) is 16.2. The Hall–Kier alpha value is -2.38. The molecule has 2 aromatic rings. The third-order valence-electron chi connectivity index (χ3n) is 4.73. The fourth-order valence-electron chi connectivity index (χ4n) is 3.23. The molecule has 1 aliphatic heterocycles. The lowest BCUT2D eigenvalue weighted by Gasteiger charge is -2.29. The monoisotopic (exact) mass is 372 g/mol. The van der Waals surface area contributed by atoms with E-state index in [1.54, 1.807) is 7.11 Å². The fraction of sp³-hybridized carbons (Fsp3) is 0.500. The highest BCUT2D eigenvalue weighted by atomic mass is 16.5. The number of amides is 1. The van der Waals surface area contributed by atoms with Crippen LogP contribution in [0.5, 0.6) is 5.75 Å². The highest BCUT2D eigenvalue weighted by Crippen LogP contribution is 2.22. The van der Waals surface area contributed by atoms with Gasteiger partial charge in [-0.05, 0) is 25.0 Å². The molecule has 1 aromatic carbocycles. The number of hydrogen-bond donors (Lipinski definition) is 2. The van der Waals surface area contributed by atoms with Crippen molar-refractivity contribution in [2.45, 2.75) is 13.8 Å². The molecule has 0 radical (unpaired) electrons. The Morgan fingerprint density at radius 3 is 2.93 bits per heavy atom. The van der Waals surface area contributed by atoms with Gasteiger partial charge in [-0.1, -0.05) is 19.1 Å². The van der Waals surface area contributed by atoms with Crippen LogP contribution in [0.1, 0.15) is 23.1 Å². The standard InChI is InChI=1S/C20H28N4O3/c1-14(13-24-7-9-27-10-8-24)12-21-20(25)18-15(2)22-19(23-18)16-5-4-6-17(11-16)26-3/h4-6,11,14H,7-10,12-13H2,1-3H3,(H,21,25)(H,22,23). The Bertz CT molecular complexity index is 768. The molecule has 1 amide bonds. The minimum absolute atomic E-state index is 0.147. The third kappa shape index (κ3) is 5.08. The molecule has 0 saturated carbocycles. The minimum Gasteiger partial charge on any atom is -0.497 e. The van der Waals surface area contributed by atoms with Gasteiger partial charge in [-0.2, -0.15) is 0 Å². The highest BCUT2D eigenvalue weighted by Gasteiger charge is 2.18. The summed E-state index contributed by atoms with van der Waals surface area (Å²) in [6.45, 7) is 9.09. The maximum absolute atomic E-state index is 12.6. The van der Waals surface area contributed by atoms with E-state index in [0.717, 1.165) is 49.9 Å². The Morgan fingerprint density at radius 2 is 2.19 bits per heavy atom. The topological polar surface area (TPSA) is 79.5 Å². The number of hydrogen-bond acceptors (Lipinski definition) is 5. The van der Waals surface area contributed by atoms with Crippen LogP contribution in [0.3, 0.4) is 0 Å². The molecular formula is C20H28N4O3. The molecule has 2 heterocycles. The van der Waals surface area contributed by atoms with Gasteiger partial charge >= 0.3 is 0 Å². The summed E-state index contributed by atoms with van der Waals surface area (Å²) in [7, 11) is 1.63. The van der Waals surface area contributed by atoms with Crippen molar-refractivity contribution in [1.29, 1.82) is 0 Å². The summed E-state index contributed by atoms with van der Waals surface area (Å²) in [5.74, 6) is 1.64. The van der Waals surface area contributed by atoms with Crippen LogP contribution in [0.25, 0.3) is 11.4 Å². The van der Waals surface area contributed by atoms with Crippen LogP contribution in [-0.2, 0) is 4.74 Å². The van der Waals surface area contributed by atoms with Gasteiger partial charge in [0.1, 0.15) is 17.3 Å². The predicted molar refractivity (Wildman–Crippen MR) is 104 cm³/mol. The number of aromatic amines is 1. The molecule has 2 N–H and O–H groups in total. The van der Waals surface area contributed by atoms with Gasteiger partial charge in [0.2, 0.25) is 0 Å². The van der Waals surface area contributed by atoms with Crippen LogP contribution >= 0.6 is 0 Å². The Morgan fingerprint density at radius 1 is 1.41 bits per heavy atom. The lowest BCUT2D eigenvalue weighted by atomic mass is 10.1. The Balaban J connectivity index is 1.59. The molecule has 7 heteroatoms. The Kier molecular flexibility index (Phi) is 6.47. The number of morpholine rings is 1. The van der Waals surface area contributed by atoms with Gasteiger partial charge in [-0.25, -0.2) is 4.98 Å². The number of benzene rings is 1. The van der Waals surface area contributed by atoms with E-state index in [-0.39, 0.29) is 5.91 Å². The van der Waals surface area contributed by atoms with Gasteiger partial charge in [0.15, 0.2) is 0 Å². The molecule has 1 aliphatic rings. The van der Waals surface area contributed by atoms with Crippen molar-refractivity contribution < 1.29 is 14.3 Å². The van der Waals surface area contributed by atoms with E-state index >= 15 is 0 Å². The lowest BCUT2D eigenvalue weighted by Crippen LogP contribution is -2.41. The summed E-state index contributed by atoms with van der Waals surface area (Å²) in [6, 6.07) is 7.61. The van der Waals surface area contributed by atoms with E-state index in [9.17, 15) is 4.79 Å². The van der Waals surface area contributed by atoms with Crippen molar-refractivity contribution in [1.82, 2.24) is 20.2 Å². The van der Waals surface area contributed by atoms with Crippen molar-refractivity contribution in [3.8, 4) is 17.1 Å². The molecule has 1 atom stereocenters. The first kappa shape index (κ1) is 19.4. The van der Waals surface area contributed by atoms with Gasteiger partial charge < -0.3 is 19.8 Å². The maximum Gasteiger partial charge on any atom is 0.271 e. The molecule has 1 unspecified atom stereocenters. The summed E-state index contributed by atoms with van der Waals surface area (Å²) in [5, 5.41) is 3.01. The Labute approximate surface area is 160 Å². The number of methoxy groups -OCH3 is 1. The van der Waals surface area contributed by atoms with E-state index in [4.69, 9.17) is 9.47 Å². The number of carbonyl (C=O) groups excluding carboxylic acids is 1. The first-order valence-electron chi connectivity index (χ1n) is 9.36. The van der Waals surface area contributed by atoms with Crippen molar-refractivity contribution in [3.63, 3.8) is 0 Å². The molecule has 0 aliphatic carbocycles. The summed E-state index contributed by atoms with van der Waals surface area (Å²) in [5.41, 5.74) is 2.08. The van der Waals surface area contributed by atoms with E-state index in [1.165, 1.54) is 0 Å². The van der Waals surface area contributed by atoms with Gasteiger partial charge in [0.05, 0.1) is 20.3 Å². The summed E-state index contributed by atoms with van der Waals surface area (Å²) in [6.07, 6.45) is 0. The first-order chi connectivity index (χ1) is 13.1. The molecule has 1 aromatic heterocycles. The van der Waals surface area contributed by atoms with Crippen LogP contribution < -0.4 is 10.1 Å². The number of nitrogens with zero attached hydrogens (tertiary/aromatic N) is 2. The van der Waals surface area contributed by atoms with Gasteiger partial charge in [-0.15, -0.1) is 0 Å². The minimum atomic E-state index is -0.147. The number of aryl methyl sites for hydroxylation is 1. The summed E-state index contributed by atoms with van der Waals surface area (Å²) < 4.78 is 10.6. The fourth-order valence-corrected chi connectivity index (χ4v) is 3.23. The number of carbonyl (C=O) groups is 1. The van der Waals surface area contributed by atoms with Crippen molar-refractivity contribution in [2.75, 3.05) is 46.5 Å². The number of H-pyrrole nitrogens is 1. The zero-order chi connectivity index (χ0) is 19.2. The molecule has 0 spiro atoms. The first-order valence-corrected chi connectivity index (χ1v) is 9.36. The van der Waals surface area contributed by atoms with Crippen LogP contribution in [0.15, 0.2) is 24.3 Å². The third-order valence-corrected chi connectivity index (χ3v) is 4.73. The van der Waals surface area contributed by atoms with Gasteiger partial charge in [0.25, 0.3) is 5.91 Å². The number of rotatable bonds is 7. The average molecular weight is 372 g/mol. The van der Waals surface area contributed by atoms with Crippen molar-refractivity contribution in [3.05, 3.63) is 35.7 Å². The molecular weight excluding hydrogens is 344 g/mol. The second-order valence-electron chi connectivity index (χ2n) is 7.02. The van der Waals surface area contributed by atoms with E-state index in [0.29, 0.717) is 24.0 Å². The predicted octanol–water partition coefficient (Wildman–Crippen LogP) is 2.09. The molecule has 0 bridgehead atoms.